The van der Waals surface area contributed by atoms with Crippen LogP contribution >= 0.6 is 0 Å². The van der Waals surface area contributed by atoms with E-state index < -0.39 is 0 Å². The fraction of sp³-hybridized carbons (Fsp3) is 0.600. The summed E-state index contributed by atoms with van der Waals surface area (Å²) in [4.78, 5) is 0. The predicted molar refractivity (Wildman–Crippen MR) is 79.9 cm³/mol. The first kappa shape index (κ1) is 16.8. The minimum atomic E-state index is 0.0137. The van der Waals surface area contributed by atoms with Crippen molar-refractivity contribution in [2.45, 2.75) is 39.3 Å². The van der Waals surface area contributed by atoms with E-state index in [1.54, 1.807) is 7.11 Å². The van der Waals surface area contributed by atoms with Crippen LogP contribution in [0.15, 0.2) is 18.2 Å². The SMILES string of the molecule is CCOc1ccc(C(CC(C)OC)NN)cc1OCC. The van der Waals surface area contributed by atoms with E-state index >= 15 is 0 Å². The van der Waals surface area contributed by atoms with Gasteiger partial charge >= 0.3 is 0 Å². The van der Waals surface area contributed by atoms with Crippen molar-refractivity contribution in [3.8, 4) is 11.5 Å². The number of nitrogens with one attached hydrogen (secondary N) is 1. The number of methoxy groups -OCH3 is 1. The lowest BCUT2D eigenvalue weighted by atomic mass is 10.0. The predicted octanol–water partition coefficient (Wildman–Crippen LogP) is 2.41. The van der Waals surface area contributed by atoms with Crippen LogP contribution in [0.25, 0.3) is 0 Å². The van der Waals surface area contributed by atoms with Crippen LogP contribution in [0.5, 0.6) is 11.5 Å². The molecule has 5 heteroatoms. The number of hydrazine groups is 1. The summed E-state index contributed by atoms with van der Waals surface area (Å²) in [6.45, 7) is 7.13. The van der Waals surface area contributed by atoms with Crippen LogP contribution in [0.4, 0.5) is 0 Å². The van der Waals surface area contributed by atoms with Gasteiger partial charge in [0.2, 0.25) is 0 Å². The molecule has 0 spiro atoms. The van der Waals surface area contributed by atoms with Crippen LogP contribution in [-0.4, -0.2) is 26.4 Å². The van der Waals surface area contributed by atoms with E-state index in [0.29, 0.717) is 13.2 Å². The zero-order valence-electron chi connectivity index (χ0n) is 12.8. The highest BCUT2D eigenvalue weighted by atomic mass is 16.5. The Hall–Kier alpha value is -1.30. The number of hydrogen-bond acceptors (Lipinski definition) is 5. The maximum atomic E-state index is 5.65. The topological polar surface area (TPSA) is 65.7 Å². The van der Waals surface area contributed by atoms with Crippen LogP contribution < -0.4 is 20.7 Å². The molecule has 0 aromatic heterocycles. The zero-order valence-corrected chi connectivity index (χ0v) is 12.8. The Morgan fingerprint density at radius 2 is 1.80 bits per heavy atom. The molecule has 0 amide bonds. The average molecular weight is 282 g/mol. The number of benzene rings is 1. The Labute approximate surface area is 121 Å². The summed E-state index contributed by atoms with van der Waals surface area (Å²) in [6.07, 6.45) is 0.908. The van der Waals surface area contributed by atoms with Gasteiger partial charge in [-0.25, -0.2) is 0 Å². The molecule has 5 nitrogen and oxygen atoms in total. The van der Waals surface area contributed by atoms with Crippen molar-refractivity contribution in [3.63, 3.8) is 0 Å². The number of hydrogen-bond donors (Lipinski definition) is 2. The summed E-state index contributed by atoms with van der Waals surface area (Å²) < 4.78 is 16.5. The monoisotopic (exact) mass is 282 g/mol. The summed E-state index contributed by atoms with van der Waals surface area (Å²) in [7, 11) is 1.70. The molecule has 3 N–H and O–H groups in total. The van der Waals surface area contributed by atoms with Gasteiger partial charge in [0.05, 0.1) is 19.3 Å². The molecule has 0 aliphatic heterocycles. The molecule has 20 heavy (non-hydrogen) atoms. The van der Waals surface area contributed by atoms with Gasteiger partial charge in [-0.2, -0.15) is 0 Å². The highest BCUT2D eigenvalue weighted by Gasteiger charge is 2.16. The van der Waals surface area contributed by atoms with E-state index in [1.165, 1.54) is 0 Å². The van der Waals surface area contributed by atoms with Gasteiger partial charge in [-0.1, -0.05) is 6.07 Å². The van der Waals surface area contributed by atoms with Crippen LogP contribution in [0.2, 0.25) is 0 Å². The van der Waals surface area contributed by atoms with E-state index in [1.807, 2.05) is 39.0 Å². The Kier molecular flexibility index (Phi) is 7.36. The Balaban J connectivity index is 2.95. The molecule has 0 heterocycles. The molecule has 1 rings (SSSR count). The Bertz CT molecular complexity index is 399. The molecule has 0 aliphatic carbocycles. The third-order valence-corrected chi connectivity index (χ3v) is 3.14. The van der Waals surface area contributed by atoms with Gasteiger partial charge in [-0.15, -0.1) is 0 Å². The maximum absolute atomic E-state index is 5.65. The first-order valence-corrected chi connectivity index (χ1v) is 7.04. The van der Waals surface area contributed by atoms with Gasteiger partial charge in [0, 0.05) is 13.2 Å². The second kappa shape index (κ2) is 8.79. The summed E-state index contributed by atoms with van der Waals surface area (Å²) in [6, 6.07) is 5.91. The molecule has 0 radical (unpaired) electrons. The quantitative estimate of drug-likeness (QED) is 0.538. The molecule has 1 aromatic rings. The minimum absolute atomic E-state index is 0.0137. The molecule has 0 fully saturated rings. The lowest BCUT2D eigenvalue weighted by molar-refractivity contribution is 0.100. The molecule has 2 atom stereocenters. The standard InChI is InChI=1S/C15H26N2O3/c1-5-19-14-8-7-12(10-15(14)20-6-2)13(17-16)9-11(3)18-4/h7-8,10-11,13,17H,5-6,9,16H2,1-4H3. The molecule has 1 aromatic carbocycles. The summed E-state index contributed by atoms with van der Waals surface area (Å²) >= 11 is 0. The molecule has 0 aliphatic rings. The van der Waals surface area contributed by atoms with Gasteiger partial charge < -0.3 is 14.2 Å². The smallest absolute Gasteiger partial charge is 0.161 e. The Morgan fingerprint density at radius 1 is 1.15 bits per heavy atom. The third-order valence-electron chi connectivity index (χ3n) is 3.14. The lowest BCUT2D eigenvalue weighted by Gasteiger charge is -2.21. The third kappa shape index (κ3) is 4.67. The van der Waals surface area contributed by atoms with Crippen molar-refractivity contribution in [2.24, 2.45) is 5.84 Å². The number of nitrogens with two attached hydrogens (primary N) is 1. The van der Waals surface area contributed by atoms with Crippen LogP contribution in [0.1, 0.15) is 38.8 Å². The second-order valence-corrected chi connectivity index (χ2v) is 4.57. The second-order valence-electron chi connectivity index (χ2n) is 4.57. The van der Waals surface area contributed by atoms with Gasteiger partial charge in [0.15, 0.2) is 11.5 Å². The fourth-order valence-corrected chi connectivity index (χ4v) is 2.01. The fourth-order valence-electron chi connectivity index (χ4n) is 2.01. The minimum Gasteiger partial charge on any atom is -0.490 e. The van der Waals surface area contributed by atoms with Gasteiger partial charge in [0.25, 0.3) is 0 Å². The van der Waals surface area contributed by atoms with E-state index in [9.17, 15) is 0 Å². The maximum Gasteiger partial charge on any atom is 0.161 e. The summed E-state index contributed by atoms with van der Waals surface area (Å²) in [5, 5.41) is 0. The molecule has 2 unspecified atom stereocenters. The molecular formula is C15H26N2O3. The van der Waals surface area contributed by atoms with Crippen molar-refractivity contribution >= 4 is 0 Å². The van der Waals surface area contributed by atoms with E-state index in [4.69, 9.17) is 20.1 Å². The highest BCUT2D eigenvalue weighted by Crippen LogP contribution is 2.31. The largest absolute Gasteiger partial charge is 0.490 e. The first-order valence-electron chi connectivity index (χ1n) is 7.04. The van der Waals surface area contributed by atoms with Crippen molar-refractivity contribution in [2.75, 3.05) is 20.3 Å². The number of rotatable bonds is 9. The molecule has 0 bridgehead atoms. The Morgan fingerprint density at radius 3 is 2.35 bits per heavy atom. The van der Waals surface area contributed by atoms with Crippen LogP contribution in [-0.2, 0) is 4.74 Å². The van der Waals surface area contributed by atoms with Crippen molar-refractivity contribution in [1.29, 1.82) is 0 Å². The van der Waals surface area contributed by atoms with E-state index in [-0.39, 0.29) is 12.1 Å². The molecule has 0 saturated carbocycles. The average Bonchev–Trinajstić information content (AvgIpc) is 2.46. The lowest BCUT2D eigenvalue weighted by Crippen LogP contribution is -2.30. The van der Waals surface area contributed by atoms with E-state index in [0.717, 1.165) is 23.5 Å². The van der Waals surface area contributed by atoms with Gasteiger partial charge in [-0.05, 0) is 44.9 Å². The van der Waals surface area contributed by atoms with Crippen molar-refractivity contribution in [1.82, 2.24) is 5.43 Å². The van der Waals surface area contributed by atoms with Gasteiger partial charge in [0.1, 0.15) is 0 Å². The molecule has 0 saturated heterocycles. The summed E-state index contributed by atoms with van der Waals surface area (Å²) in [5.41, 5.74) is 3.89. The van der Waals surface area contributed by atoms with Crippen LogP contribution in [0.3, 0.4) is 0 Å². The van der Waals surface area contributed by atoms with E-state index in [2.05, 4.69) is 5.43 Å². The highest BCUT2D eigenvalue weighted by molar-refractivity contribution is 5.44. The molecular weight excluding hydrogens is 256 g/mol. The van der Waals surface area contributed by atoms with Crippen LogP contribution in [0, 0.1) is 0 Å². The first-order chi connectivity index (χ1) is 9.65. The number of ether oxygens (including phenoxy) is 3. The van der Waals surface area contributed by atoms with Gasteiger partial charge in [-0.3, -0.25) is 11.3 Å². The normalized spacial score (nSPS) is 13.8. The zero-order chi connectivity index (χ0) is 15.0. The van der Waals surface area contributed by atoms with Crippen molar-refractivity contribution < 1.29 is 14.2 Å². The van der Waals surface area contributed by atoms with Crippen molar-refractivity contribution in [3.05, 3.63) is 23.8 Å². The molecule has 114 valence electrons. The summed E-state index contributed by atoms with van der Waals surface area (Å²) in [5.74, 6) is 7.16.